The quantitative estimate of drug-likeness (QED) is 0.672. The minimum atomic E-state index is -1.67. The maximum atomic E-state index is 12.8. The molecule has 1 aromatic heterocycles. The number of aliphatic hydroxyl groups is 2. The van der Waals surface area contributed by atoms with Gasteiger partial charge in [-0.15, -0.1) is 11.3 Å². The summed E-state index contributed by atoms with van der Waals surface area (Å²) < 4.78 is 17.0. The van der Waals surface area contributed by atoms with Gasteiger partial charge in [0.2, 0.25) is 5.79 Å². The Bertz CT molecular complexity index is 1100. The van der Waals surface area contributed by atoms with E-state index in [0.717, 1.165) is 10.4 Å². The molecule has 8 nitrogen and oxygen atoms in total. The van der Waals surface area contributed by atoms with Crippen molar-refractivity contribution in [3.8, 4) is 0 Å². The van der Waals surface area contributed by atoms with Crippen molar-refractivity contribution >= 4 is 34.6 Å². The van der Waals surface area contributed by atoms with Gasteiger partial charge >= 0.3 is 0 Å². The molecule has 1 spiro atoms. The number of halogens is 1. The van der Waals surface area contributed by atoms with Crippen LogP contribution >= 0.6 is 22.9 Å². The first-order valence-electron chi connectivity index (χ1n) is 10.8. The fourth-order valence-electron chi connectivity index (χ4n) is 4.51. The van der Waals surface area contributed by atoms with Crippen LogP contribution in [0.4, 0.5) is 0 Å². The summed E-state index contributed by atoms with van der Waals surface area (Å²) in [4.78, 5) is 28.6. The van der Waals surface area contributed by atoms with E-state index in [1.54, 1.807) is 24.0 Å². The van der Waals surface area contributed by atoms with Gasteiger partial charge < -0.3 is 29.3 Å². The van der Waals surface area contributed by atoms with Gasteiger partial charge in [-0.2, -0.15) is 0 Å². The molecule has 176 valence electrons. The number of ketones is 1. The number of benzene rings is 1. The molecule has 0 saturated carbocycles. The van der Waals surface area contributed by atoms with Crippen LogP contribution in [0.5, 0.6) is 0 Å². The third-order valence-electron chi connectivity index (χ3n) is 6.35. The van der Waals surface area contributed by atoms with E-state index >= 15 is 0 Å². The molecule has 4 heterocycles. The van der Waals surface area contributed by atoms with Crippen LogP contribution in [0, 0.1) is 0 Å². The second kappa shape index (κ2) is 8.74. The maximum absolute atomic E-state index is 12.8. The molecule has 2 saturated heterocycles. The lowest BCUT2D eigenvalue weighted by molar-refractivity contribution is -0.320. The number of nitrogens with zero attached hydrogens (tertiary/aromatic N) is 1. The second-order valence-electron chi connectivity index (χ2n) is 8.48. The topological polar surface area (TPSA) is 106 Å². The highest BCUT2D eigenvalue weighted by atomic mass is 35.5. The fraction of sp³-hybridized carbons (Fsp3) is 0.478. The van der Waals surface area contributed by atoms with Crippen molar-refractivity contribution in [2.45, 2.75) is 44.1 Å². The zero-order valence-electron chi connectivity index (χ0n) is 18.0. The first kappa shape index (κ1) is 22.9. The lowest BCUT2D eigenvalue weighted by Crippen LogP contribution is -2.59. The third-order valence-corrected chi connectivity index (χ3v) is 7.78. The molecule has 5 rings (SSSR count). The number of fused-ring (bicyclic) bond motifs is 2. The number of hydrogen-bond acceptors (Lipinski definition) is 8. The van der Waals surface area contributed by atoms with Gasteiger partial charge in [0.25, 0.3) is 5.91 Å². The summed E-state index contributed by atoms with van der Waals surface area (Å²) in [6.07, 6.45) is -3.44. The molecule has 0 radical (unpaired) electrons. The van der Waals surface area contributed by atoms with Crippen LogP contribution in [-0.2, 0) is 37.8 Å². The molecule has 33 heavy (non-hydrogen) atoms. The molecule has 1 aromatic carbocycles. The number of thiophene rings is 1. The molecule has 10 heteroatoms. The van der Waals surface area contributed by atoms with Crippen LogP contribution in [0.1, 0.15) is 38.2 Å². The van der Waals surface area contributed by atoms with Gasteiger partial charge in [-0.05, 0) is 42.3 Å². The summed E-state index contributed by atoms with van der Waals surface area (Å²) in [5.74, 6) is -2.41. The molecule has 3 aliphatic heterocycles. The zero-order valence-corrected chi connectivity index (χ0v) is 19.5. The van der Waals surface area contributed by atoms with Gasteiger partial charge in [0.15, 0.2) is 11.9 Å². The minimum absolute atomic E-state index is 0.00765. The molecule has 2 fully saturated rings. The largest absolute Gasteiger partial charge is 0.382 e. The highest BCUT2D eigenvalue weighted by molar-refractivity contribution is 7.14. The van der Waals surface area contributed by atoms with Crippen LogP contribution < -0.4 is 0 Å². The Labute approximate surface area is 199 Å². The van der Waals surface area contributed by atoms with Crippen molar-refractivity contribution in [3.05, 3.63) is 55.7 Å². The SMILES string of the molecule is C[C@H]1O[C@]2(OCc3cc(Cl)c(Cc4ccc(C(=O)N5CCOCC5)s4)cc32)[C@H](O)C(=O)[C@@H]1O. The summed E-state index contributed by atoms with van der Waals surface area (Å²) in [6.45, 7) is 3.94. The summed E-state index contributed by atoms with van der Waals surface area (Å²) in [5, 5.41) is 21.2. The third kappa shape index (κ3) is 3.91. The van der Waals surface area contributed by atoms with Gasteiger partial charge in [-0.3, -0.25) is 9.59 Å². The van der Waals surface area contributed by atoms with Crippen molar-refractivity contribution in [2.75, 3.05) is 26.3 Å². The van der Waals surface area contributed by atoms with Gasteiger partial charge in [-0.25, -0.2) is 0 Å². The molecule has 0 unspecified atom stereocenters. The lowest BCUT2D eigenvalue weighted by Gasteiger charge is -2.42. The van der Waals surface area contributed by atoms with Gasteiger partial charge in [0, 0.05) is 35.0 Å². The molecule has 0 aliphatic carbocycles. The number of morpholine rings is 1. The lowest BCUT2D eigenvalue weighted by atomic mass is 9.88. The summed E-state index contributed by atoms with van der Waals surface area (Å²) in [6, 6.07) is 7.26. The Hall–Kier alpha value is -1.85. The molecule has 0 bridgehead atoms. The predicted molar refractivity (Wildman–Crippen MR) is 119 cm³/mol. The van der Waals surface area contributed by atoms with E-state index in [4.69, 9.17) is 25.8 Å². The van der Waals surface area contributed by atoms with Crippen LogP contribution in [0.15, 0.2) is 24.3 Å². The normalized spacial score (nSPS) is 29.5. The Morgan fingerprint density at radius 3 is 2.79 bits per heavy atom. The van der Waals surface area contributed by atoms with Crippen molar-refractivity contribution in [1.29, 1.82) is 0 Å². The zero-order chi connectivity index (χ0) is 23.3. The predicted octanol–water partition coefficient (Wildman–Crippen LogP) is 1.86. The molecule has 3 aliphatic rings. The molecular formula is C23H24ClNO7S. The van der Waals surface area contributed by atoms with E-state index in [9.17, 15) is 19.8 Å². The molecule has 4 atom stereocenters. The minimum Gasteiger partial charge on any atom is -0.382 e. The number of ether oxygens (including phenoxy) is 3. The monoisotopic (exact) mass is 493 g/mol. The number of amides is 1. The number of Topliss-reactive ketones (excluding diaryl/α,β-unsaturated/α-hetero) is 1. The van der Waals surface area contributed by atoms with E-state index in [2.05, 4.69) is 0 Å². The number of hydrogen-bond donors (Lipinski definition) is 2. The van der Waals surface area contributed by atoms with Crippen LogP contribution in [0.25, 0.3) is 0 Å². The Kier molecular flexibility index (Phi) is 6.07. The van der Waals surface area contributed by atoms with E-state index in [1.807, 2.05) is 12.1 Å². The Morgan fingerprint density at radius 1 is 1.27 bits per heavy atom. The average Bonchev–Trinajstić information content (AvgIpc) is 3.42. The first-order valence-corrected chi connectivity index (χ1v) is 12.0. The van der Waals surface area contributed by atoms with Crippen molar-refractivity contribution < 1.29 is 34.0 Å². The molecular weight excluding hydrogens is 470 g/mol. The smallest absolute Gasteiger partial charge is 0.264 e. The number of carbonyl (C=O) groups is 2. The molecule has 2 N–H and O–H groups in total. The standard InChI is InChI=1S/C23H24ClNO7S/c1-12-19(26)20(27)21(28)23(32-12)16-9-13(17(24)10-14(16)11-31-23)8-15-2-3-18(33-15)22(29)25-4-6-30-7-5-25/h2-3,9-10,12,19,21,26,28H,4-8,11H2,1H3/t12-,19-,21-,23+/m1/s1. The number of aliphatic hydroxyl groups excluding tert-OH is 2. The second-order valence-corrected chi connectivity index (χ2v) is 10.1. The van der Waals surface area contributed by atoms with E-state index < -0.39 is 29.9 Å². The fourth-order valence-corrected chi connectivity index (χ4v) is 5.76. The summed E-state index contributed by atoms with van der Waals surface area (Å²) in [5.41, 5.74) is 2.01. The number of carbonyl (C=O) groups excluding carboxylic acids is 2. The Morgan fingerprint density at radius 2 is 2.03 bits per heavy atom. The molecule has 2 aromatic rings. The van der Waals surface area contributed by atoms with Gasteiger partial charge in [-0.1, -0.05) is 11.6 Å². The Balaban J connectivity index is 1.41. The molecule has 1 amide bonds. The van der Waals surface area contributed by atoms with Crippen molar-refractivity contribution in [1.82, 2.24) is 4.90 Å². The van der Waals surface area contributed by atoms with E-state index in [-0.39, 0.29) is 12.5 Å². The van der Waals surface area contributed by atoms with Crippen LogP contribution in [-0.4, -0.2) is 71.4 Å². The van der Waals surface area contributed by atoms with Gasteiger partial charge in [0.05, 0.1) is 30.8 Å². The van der Waals surface area contributed by atoms with Crippen molar-refractivity contribution in [2.24, 2.45) is 0 Å². The summed E-state index contributed by atoms with van der Waals surface area (Å²) in [7, 11) is 0. The van der Waals surface area contributed by atoms with E-state index in [0.29, 0.717) is 53.8 Å². The van der Waals surface area contributed by atoms with Crippen molar-refractivity contribution in [3.63, 3.8) is 0 Å². The van der Waals surface area contributed by atoms with E-state index in [1.165, 1.54) is 11.3 Å². The summed E-state index contributed by atoms with van der Waals surface area (Å²) >= 11 is 7.95. The highest BCUT2D eigenvalue weighted by Crippen LogP contribution is 2.46. The van der Waals surface area contributed by atoms with Gasteiger partial charge in [0.1, 0.15) is 6.10 Å². The van der Waals surface area contributed by atoms with Crippen LogP contribution in [0.2, 0.25) is 5.02 Å². The first-order chi connectivity index (χ1) is 15.8. The van der Waals surface area contributed by atoms with Crippen LogP contribution in [0.3, 0.4) is 0 Å². The number of rotatable bonds is 3. The average molecular weight is 494 g/mol. The highest BCUT2D eigenvalue weighted by Gasteiger charge is 2.57. The maximum Gasteiger partial charge on any atom is 0.264 e.